The van der Waals surface area contributed by atoms with Crippen molar-refractivity contribution in [1.82, 2.24) is 0 Å². The van der Waals surface area contributed by atoms with Gasteiger partial charge in [0, 0.05) is 26.2 Å². The third-order valence-corrected chi connectivity index (χ3v) is 4.98. The first kappa shape index (κ1) is 15.9. The summed E-state index contributed by atoms with van der Waals surface area (Å²) in [5.74, 6) is 0.885. The first-order chi connectivity index (χ1) is 9.54. The van der Waals surface area contributed by atoms with Crippen LogP contribution in [0.1, 0.15) is 11.1 Å². The minimum atomic E-state index is 0.0965. The largest absolute Gasteiger partial charge is 0.327 e. The Balaban J connectivity index is 1.90. The first-order valence-electron chi connectivity index (χ1n) is 6.43. The Morgan fingerprint density at radius 3 is 2.75 bits per heavy atom. The zero-order valence-corrected chi connectivity index (χ0v) is 14.4. The van der Waals surface area contributed by atoms with Crippen molar-refractivity contribution in [3.05, 3.63) is 63.1 Å². The fourth-order valence-corrected chi connectivity index (χ4v) is 3.66. The fraction of sp³-hybridized carbons (Fsp3) is 0.250. The summed E-state index contributed by atoms with van der Waals surface area (Å²) in [5, 5.41) is 0.774. The summed E-state index contributed by atoms with van der Waals surface area (Å²) in [6, 6.07) is 14.5. The molecule has 0 aromatic heterocycles. The Morgan fingerprint density at radius 1 is 1.25 bits per heavy atom. The summed E-state index contributed by atoms with van der Waals surface area (Å²) in [6.07, 6.45) is 0.797. The lowest BCUT2D eigenvalue weighted by molar-refractivity contribution is 0.748. The van der Waals surface area contributed by atoms with Crippen molar-refractivity contribution >= 4 is 39.3 Å². The van der Waals surface area contributed by atoms with Gasteiger partial charge in [-0.25, -0.2) is 0 Å². The Hall–Kier alpha value is -0.480. The highest BCUT2D eigenvalue weighted by Crippen LogP contribution is 2.24. The Labute approximate surface area is 138 Å². The zero-order valence-electron chi connectivity index (χ0n) is 11.3. The third-order valence-electron chi connectivity index (χ3n) is 2.95. The summed E-state index contributed by atoms with van der Waals surface area (Å²) in [4.78, 5) is 1.27. The second-order valence-corrected chi connectivity index (χ2v) is 7.24. The lowest BCUT2D eigenvalue weighted by Crippen LogP contribution is -2.25. The van der Waals surface area contributed by atoms with Crippen molar-refractivity contribution in [2.75, 3.05) is 5.75 Å². The fourth-order valence-electron chi connectivity index (χ4n) is 1.94. The molecule has 0 aliphatic heterocycles. The molecule has 0 spiro atoms. The molecule has 0 amide bonds. The number of benzene rings is 2. The number of aryl methyl sites for hydroxylation is 1. The normalized spacial score (nSPS) is 12.4. The quantitative estimate of drug-likeness (QED) is 0.743. The minimum Gasteiger partial charge on any atom is -0.327 e. The van der Waals surface area contributed by atoms with Crippen molar-refractivity contribution in [1.29, 1.82) is 0 Å². The molecule has 20 heavy (non-hydrogen) atoms. The van der Waals surface area contributed by atoms with E-state index in [1.807, 2.05) is 18.2 Å². The molecule has 2 N–H and O–H groups in total. The van der Waals surface area contributed by atoms with Gasteiger partial charge in [-0.1, -0.05) is 51.3 Å². The van der Waals surface area contributed by atoms with E-state index in [0.29, 0.717) is 0 Å². The van der Waals surface area contributed by atoms with Crippen LogP contribution in [0.5, 0.6) is 0 Å². The van der Waals surface area contributed by atoms with Crippen LogP contribution in [0, 0.1) is 6.92 Å². The van der Waals surface area contributed by atoms with Crippen molar-refractivity contribution in [2.24, 2.45) is 5.73 Å². The maximum Gasteiger partial charge on any atom is 0.0449 e. The van der Waals surface area contributed by atoms with Gasteiger partial charge >= 0.3 is 0 Å². The van der Waals surface area contributed by atoms with Crippen molar-refractivity contribution in [2.45, 2.75) is 24.3 Å². The maximum atomic E-state index is 6.22. The molecular formula is C16H17BrClNS. The highest BCUT2D eigenvalue weighted by molar-refractivity contribution is 9.10. The van der Waals surface area contributed by atoms with Crippen LogP contribution in [0.2, 0.25) is 5.02 Å². The van der Waals surface area contributed by atoms with Crippen LogP contribution in [-0.2, 0) is 6.42 Å². The molecule has 0 saturated heterocycles. The van der Waals surface area contributed by atoms with Gasteiger partial charge in [-0.15, -0.1) is 11.8 Å². The topological polar surface area (TPSA) is 26.0 Å². The third kappa shape index (κ3) is 4.81. The maximum absolute atomic E-state index is 6.22. The predicted octanol–water partition coefficient (Wildman–Crippen LogP) is 5.07. The molecular weight excluding hydrogens is 354 g/mol. The monoisotopic (exact) mass is 369 g/mol. The zero-order chi connectivity index (χ0) is 14.5. The standard InChI is InChI=1S/C16H17BrClNS/c1-11-3-2-4-15(7-11)20-10-14(19)8-12-5-6-13(17)9-16(12)18/h2-7,9,14H,8,10,19H2,1H3. The summed E-state index contributed by atoms with van der Waals surface area (Å²) in [7, 11) is 0. The molecule has 2 rings (SSSR count). The molecule has 4 heteroatoms. The number of hydrogen-bond acceptors (Lipinski definition) is 2. The first-order valence-corrected chi connectivity index (χ1v) is 8.59. The molecule has 1 atom stereocenters. The van der Waals surface area contributed by atoms with Gasteiger partial charge in [0.2, 0.25) is 0 Å². The van der Waals surface area contributed by atoms with Crippen LogP contribution in [-0.4, -0.2) is 11.8 Å². The van der Waals surface area contributed by atoms with E-state index >= 15 is 0 Å². The Bertz CT molecular complexity index is 588. The molecule has 0 aliphatic carbocycles. The van der Waals surface area contributed by atoms with E-state index in [2.05, 4.69) is 47.1 Å². The highest BCUT2D eigenvalue weighted by atomic mass is 79.9. The Kier molecular flexibility index (Phi) is 5.97. The number of rotatable bonds is 5. The molecule has 2 aromatic rings. The van der Waals surface area contributed by atoms with Crippen LogP contribution in [0.3, 0.4) is 0 Å². The molecule has 0 radical (unpaired) electrons. The lowest BCUT2D eigenvalue weighted by Gasteiger charge is -2.13. The van der Waals surface area contributed by atoms with Crippen LogP contribution in [0.4, 0.5) is 0 Å². The molecule has 1 nitrogen and oxygen atoms in total. The van der Waals surface area contributed by atoms with E-state index in [9.17, 15) is 0 Å². The van der Waals surface area contributed by atoms with Gasteiger partial charge in [-0.05, 0) is 43.2 Å². The average Bonchev–Trinajstić information content (AvgIpc) is 2.40. The van der Waals surface area contributed by atoms with Crippen molar-refractivity contribution < 1.29 is 0 Å². The van der Waals surface area contributed by atoms with Gasteiger partial charge in [0.25, 0.3) is 0 Å². The SMILES string of the molecule is Cc1cccc(SCC(N)Cc2ccc(Br)cc2Cl)c1. The molecule has 0 fully saturated rings. The smallest absolute Gasteiger partial charge is 0.0449 e. The van der Waals surface area contributed by atoms with Gasteiger partial charge < -0.3 is 5.73 Å². The van der Waals surface area contributed by atoms with E-state index in [0.717, 1.165) is 27.2 Å². The van der Waals surface area contributed by atoms with Crippen LogP contribution in [0.15, 0.2) is 51.8 Å². The number of halogens is 2. The average molecular weight is 371 g/mol. The molecule has 0 saturated carbocycles. The molecule has 106 valence electrons. The van der Waals surface area contributed by atoms with E-state index in [-0.39, 0.29) is 6.04 Å². The van der Waals surface area contributed by atoms with Crippen LogP contribution >= 0.6 is 39.3 Å². The summed E-state index contributed by atoms with van der Waals surface area (Å²) < 4.78 is 0.994. The second-order valence-electron chi connectivity index (χ2n) is 4.83. The van der Waals surface area contributed by atoms with Crippen molar-refractivity contribution in [3.63, 3.8) is 0 Å². The summed E-state index contributed by atoms with van der Waals surface area (Å²) >= 11 is 11.4. The molecule has 0 bridgehead atoms. The predicted molar refractivity (Wildman–Crippen MR) is 92.7 cm³/mol. The van der Waals surface area contributed by atoms with E-state index in [1.165, 1.54) is 10.5 Å². The van der Waals surface area contributed by atoms with E-state index < -0.39 is 0 Å². The van der Waals surface area contributed by atoms with Crippen LogP contribution in [0.25, 0.3) is 0 Å². The Morgan fingerprint density at radius 2 is 2.05 bits per heavy atom. The van der Waals surface area contributed by atoms with E-state index in [1.54, 1.807) is 11.8 Å². The number of nitrogens with two attached hydrogens (primary N) is 1. The molecule has 0 heterocycles. The van der Waals surface area contributed by atoms with Crippen LogP contribution < -0.4 is 5.73 Å². The minimum absolute atomic E-state index is 0.0965. The van der Waals surface area contributed by atoms with Gasteiger partial charge in [0.15, 0.2) is 0 Å². The summed E-state index contributed by atoms with van der Waals surface area (Å²) in [6.45, 7) is 2.10. The van der Waals surface area contributed by atoms with Gasteiger partial charge in [-0.3, -0.25) is 0 Å². The number of thioether (sulfide) groups is 1. The van der Waals surface area contributed by atoms with Gasteiger partial charge in [0.05, 0.1) is 0 Å². The van der Waals surface area contributed by atoms with Gasteiger partial charge in [-0.2, -0.15) is 0 Å². The van der Waals surface area contributed by atoms with E-state index in [4.69, 9.17) is 17.3 Å². The van der Waals surface area contributed by atoms with Crippen molar-refractivity contribution in [3.8, 4) is 0 Å². The lowest BCUT2D eigenvalue weighted by atomic mass is 10.1. The second kappa shape index (κ2) is 7.51. The van der Waals surface area contributed by atoms with Gasteiger partial charge in [0.1, 0.15) is 0 Å². The molecule has 2 aromatic carbocycles. The number of hydrogen-bond donors (Lipinski definition) is 1. The summed E-state index contributed by atoms with van der Waals surface area (Å²) in [5.41, 5.74) is 8.59. The molecule has 0 aliphatic rings. The highest BCUT2D eigenvalue weighted by Gasteiger charge is 2.08. The molecule has 1 unspecified atom stereocenters.